The SMILES string of the molecule is Cc1ccc(S(=O)(=O)N2CN(Cc3ccccc3)[C@H](CC(F)(F)C(F)(F)C(F)(F)F)c3ccccc32)cc1. The fraction of sp³-hybridized carbons (Fsp3) is 0.308. The molecule has 0 unspecified atom stereocenters. The van der Waals surface area contributed by atoms with Gasteiger partial charge in [0.15, 0.2) is 0 Å². The van der Waals surface area contributed by atoms with Crippen molar-refractivity contribution in [2.24, 2.45) is 0 Å². The number of sulfonamides is 1. The smallest absolute Gasteiger partial charge is 0.273 e. The molecule has 0 saturated heterocycles. The summed E-state index contributed by atoms with van der Waals surface area (Å²) in [4.78, 5) is 1.08. The second-order valence-corrected chi connectivity index (χ2v) is 11.0. The van der Waals surface area contributed by atoms with Crippen molar-refractivity contribution in [2.75, 3.05) is 11.0 Å². The third kappa shape index (κ3) is 5.11. The standard InChI is InChI=1S/C26H23F7N2O2S/c1-18-11-13-20(14-12-18)38(36,37)35-17-34(16-19-7-3-2-4-8-19)23(21-9-5-6-10-22(21)35)15-24(27,28)25(29,30)26(31,32)33/h2-14,23H,15-17H2,1H3/t23-/m1/s1. The van der Waals surface area contributed by atoms with Gasteiger partial charge in [0.2, 0.25) is 0 Å². The largest absolute Gasteiger partial charge is 0.459 e. The Kier molecular flexibility index (Phi) is 7.26. The Hall–Kier alpha value is -3.12. The number of para-hydroxylation sites is 1. The van der Waals surface area contributed by atoms with Crippen molar-refractivity contribution in [3.05, 3.63) is 95.6 Å². The number of benzene rings is 3. The van der Waals surface area contributed by atoms with E-state index < -0.39 is 47.2 Å². The Morgan fingerprint density at radius 1 is 0.816 bits per heavy atom. The van der Waals surface area contributed by atoms with Gasteiger partial charge in [0.05, 0.1) is 17.3 Å². The van der Waals surface area contributed by atoms with Crippen LogP contribution in [0.2, 0.25) is 0 Å². The van der Waals surface area contributed by atoms with E-state index in [-0.39, 0.29) is 22.7 Å². The predicted octanol–water partition coefficient (Wildman–Crippen LogP) is 6.93. The molecule has 0 N–H and O–H groups in total. The Labute approximate surface area is 215 Å². The number of rotatable bonds is 7. The summed E-state index contributed by atoms with van der Waals surface area (Å²) < 4.78 is 124. The molecule has 38 heavy (non-hydrogen) atoms. The lowest BCUT2D eigenvalue weighted by Gasteiger charge is -2.44. The molecule has 204 valence electrons. The molecule has 0 radical (unpaired) electrons. The normalized spacial score (nSPS) is 17.4. The van der Waals surface area contributed by atoms with Crippen molar-refractivity contribution in [1.29, 1.82) is 0 Å². The van der Waals surface area contributed by atoms with Gasteiger partial charge in [-0.3, -0.25) is 9.21 Å². The highest BCUT2D eigenvalue weighted by Crippen LogP contribution is 2.52. The number of fused-ring (bicyclic) bond motifs is 1. The number of hydrogen-bond donors (Lipinski definition) is 0. The molecule has 0 amide bonds. The highest BCUT2D eigenvalue weighted by atomic mass is 32.2. The number of nitrogens with zero attached hydrogens (tertiary/aromatic N) is 2. The predicted molar refractivity (Wildman–Crippen MR) is 127 cm³/mol. The van der Waals surface area contributed by atoms with Crippen LogP contribution >= 0.6 is 0 Å². The van der Waals surface area contributed by atoms with Crippen molar-refractivity contribution in [2.45, 2.75) is 48.8 Å². The molecule has 3 aromatic rings. The van der Waals surface area contributed by atoms with Gasteiger partial charge < -0.3 is 0 Å². The van der Waals surface area contributed by atoms with E-state index in [1.54, 1.807) is 49.4 Å². The van der Waals surface area contributed by atoms with Crippen LogP contribution in [0.3, 0.4) is 0 Å². The quantitative estimate of drug-likeness (QED) is 0.295. The highest BCUT2D eigenvalue weighted by Gasteiger charge is 2.73. The van der Waals surface area contributed by atoms with Crippen LogP contribution in [-0.4, -0.2) is 38.0 Å². The summed E-state index contributed by atoms with van der Waals surface area (Å²) in [6.45, 7) is 1.02. The summed E-state index contributed by atoms with van der Waals surface area (Å²) in [5.41, 5.74) is 1.13. The summed E-state index contributed by atoms with van der Waals surface area (Å²) in [5.74, 6) is -11.8. The molecule has 1 aliphatic heterocycles. The lowest BCUT2D eigenvalue weighted by Crippen LogP contribution is -2.55. The molecule has 4 nitrogen and oxygen atoms in total. The second kappa shape index (κ2) is 9.88. The fourth-order valence-electron chi connectivity index (χ4n) is 4.37. The Bertz CT molecular complexity index is 1380. The van der Waals surface area contributed by atoms with Crippen LogP contribution < -0.4 is 4.31 Å². The van der Waals surface area contributed by atoms with Crippen LogP contribution in [-0.2, 0) is 16.6 Å². The number of aryl methyl sites for hydroxylation is 1. The zero-order valence-electron chi connectivity index (χ0n) is 20.0. The van der Waals surface area contributed by atoms with Gasteiger partial charge in [-0.15, -0.1) is 0 Å². The maximum Gasteiger partial charge on any atom is 0.459 e. The number of alkyl halides is 7. The van der Waals surface area contributed by atoms with Gasteiger partial charge in [0.25, 0.3) is 10.0 Å². The van der Waals surface area contributed by atoms with Gasteiger partial charge in [-0.05, 0) is 36.2 Å². The molecule has 4 rings (SSSR count). The molecule has 12 heteroatoms. The van der Waals surface area contributed by atoms with E-state index in [0.29, 0.717) is 5.56 Å². The van der Waals surface area contributed by atoms with Gasteiger partial charge in [0, 0.05) is 19.0 Å². The van der Waals surface area contributed by atoms with Crippen LogP contribution in [0.15, 0.2) is 83.8 Å². The topological polar surface area (TPSA) is 40.6 Å². The first-order chi connectivity index (χ1) is 17.6. The van der Waals surface area contributed by atoms with E-state index >= 15 is 0 Å². The number of halogens is 7. The van der Waals surface area contributed by atoms with E-state index in [0.717, 1.165) is 9.87 Å². The first-order valence-corrected chi connectivity index (χ1v) is 12.9. The molecular weight excluding hydrogens is 537 g/mol. The van der Waals surface area contributed by atoms with Crippen molar-refractivity contribution in [3.63, 3.8) is 0 Å². The lowest BCUT2D eigenvalue weighted by atomic mass is 9.92. The van der Waals surface area contributed by atoms with Crippen molar-refractivity contribution in [1.82, 2.24) is 4.90 Å². The number of hydrogen-bond acceptors (Lipinski definition) is 3. The van der Waals surface area contributed by atoms with Gasteiger partial charge in [0.1, 0.15) is 0 Å². The molecule has 0 aromatic heterocycles. The zero-order chi connectivity index (χ0) is 27.9. The van der Waals surface area contributed by atoms with E-state index in [1.165, 1.54) is 41.3 Å². The van der Waals surface area contributed by atoms with Gasteiger partial charge >= 0.3 is 18.0 Å². The van der Waals surface area contributed by atoms with Gasteiger partial charge in [-0.1, -0.05) is 66.2 Å². The monoisotopic (exact) mass is 560 g/mol. The summed E-state index contributed by atoms with van der Waals surface area (Å²) in [5, 5.41) is 0. The fourth-order valence-corrected chi connectivity index (χ4v) is 5.83. The van der Waals surface area contributed by atoms with Crippen molar-refractivity contribution in [3.8, 4) is 0 Å². The van der Waals surface area contributed by atoms with Crippen molar-refractivity contribution >= 4 is 15.7 Å². The minimum Gasteiger partial charge on any atom is -0.273 e. The zero-order valence-corrected chi connectivity index (χ0v) is 20.8. The first-order valence-electron chi connectivity index (χ1n) is 11.4. The molecule has 0 saturated carbocycles. The molecule has 1 aliphatic rings. The third-order valence-corrected chi connectivity index (χ3v) is 8.18. The van der Waals surface area contributed by atoms with Crippen LogP contribution in [0, 0.1) is 6.92 Å². The van der Waals surface area contributed by atoms with E-state index in [2.05, 4.69) is 0 Å². The highest BCUT2D eigenvalue weighted by molar-refractivity contribution is 7.92. The maximum atomic E-state index is 14.7. The summed E-state index contributed by atoms with van der Waals surface area (Å²) in [6.07, 6.45) is -8.36. The van der Waals surface area contributed by atoms with Gasteiger partial charge in [-0.25, -0.2) is 8.42 Å². The van der Waals surface area contributed by atoms with Crippen LogP contribution in [0.1, 0.15) is 29.2 Å². The van der Waals surface area contributed by atoms with E-state index in [1.807, 2.05) is 0 Å². The summed E-state index contributed by atoms with van der Waals surface area (Å²) in [6, 6.07) is 17.8. The van der Waals surface area contributed by atoms with E-state index in [9.17, 15) is 39.2 Å². The average molecular weight is 561 g/mol. The minimum absolute atomic E-state index is 0.0755. The van der Waals surface area contributed by atoms with Crippen molar-refractivity contribution < 1.29 is 39.2 Å². The molecule has 0 fully saturated rings. The van der Waals surface area contributed by atoms with Crippen LogP contribution in [0.5, 0.6) is 0 Å². The Balaban J connectivity index is 1.83. The molecule has 1 atom stereocenters. The second-order valence-electron chi connectivity index (χ2n) is 9.10. The number of anilines is 1. The molecule has 1 heterocycles. The first kappa shape index (κ1) is 27.9. The van der Waals surface area contributed by atoms with E-state index in [4.69, 9.17) is 0 Å². The third-order valence-electron chi connectivity index (χ3n) is 6.42. The molecule has 0 aliphatic carbocycles. The molecular formula is C26H23F7N2O2S. The molecule has 0 bridgehead atoms. The summed E-state index contributed by atoms with van der Waals surface area (Å²) in [7, 11) is -4.26. The average Bonchev–Trinajstić information content (AvgIpc) is 2.85. The lowest BCUT2D eigenvalue weighted by molar-refractivity contribution is -0.357. The minimum atomic E-state index is -6.48. The van der Waals surface area contributed by atoms with Crippen LogP contribution in [0.25, 0.3) is 0 Å². The Morgan fingerprint density at radius 3 is 2.00 bits per heavy atom. The van der Waals surface area contributed by atoms with Gasteiger partial charge in [-0.2, -0.15) is 30.7 Å². The molecule has 0 spiro atoms. The Morgan fingerprint density at radius 2 is 1.39 bits per heavy atom. The summed E-state index contributed by atoms with van der Waals surface area (Å²) >= 11 is 0. The maximum absolute atomic E-state index is 14.7. The van der Waals surface area contributed by atoms with Crippen LogP contribution in [0.4, 0.5) is 36.4 Å². The molecule has 3 aromatic carbocycles.